The van der Waals surface area contributed by atoms with Gasteiger partial charge in [0.25, 0.3) is 0 Å². The first-order valence-corrected chi connectivity index (χ1v) is 10.1. The van der Waals surface area contributed by atoms with Gasteiger partial charge in [0.1, 0.15) is 0 Å². The zero-order valence-electron chi connectivity index (χ0n) is 12.7. The van der Waals surface area contributed by atoms with E-state index in [9.17, 15) is 16.8 Å². The van der Waals surface area contributed by atoms with Crippen LogP contribution in [0.15, 0.2) is 28.0 Å². The first kappa shape index (κ1) is 17.2. The Morgan fingerprint density at radius 3 is 2.36 bits per heavy atom. The van der Waals surface area contributed by atoms with Crippen molar-refractivity contribution in [2.45, 2.75) is 29.2 Å². The van der Waals surface area contributed by atoms with Gasteiger partial charge in [0, 0.05) is 19.3 Å². The van der Waals surface area contributed by atoms with Crippen LogP contribution in [0.5, 0.6) is 0 Å². The smallest absolute Gasteiger partial charge is 0.238 e. The second kappa shape index (κ2) is 5.48. The molecule has 1 aliphatic heterocycles. The third-order valence-corrected chi connectivity index (χ3v) is 5.46. The predicted octanol–water partition coefficient (Wildman–Crippen LogP) is 0.353. The number of benzene rings is 1. The Labute approximate surface area is 131 Å². The van der Waals surface area contributed by atoms with E-state index in [2.05, 4.69) is 0 Å². The van der Waals surface area contributed by atoms with Crippen molar-refractivity contribution in [3.8, 4) is 0 Å². The highest BCUT2D eigenvalue weighted by Gasteiger charge is 2.30. The lowest BCUT2D eigenvalue weighted by molar-refractivity contribution is -0.0278. The van der Waals surface area contributed by atoms with E-state index in [-0.39, 0.29) is 9.79 Å². The van der Waals surface area contributed by atoms with E-state index in [4.69, 9.17) is 9.88 Å². The molecule has 1 aromatic rings. The second-order valence-corrected chi connectivity index (χ2v) is 9.52. The molecule has 1 saturated heterocycles. The third-order valence-electron chi connectivity index (χ3n) is 3.43. The molecule has 0 saturated carbocycles. The van der Waals surface area contributed by atoms with Gasteiger partial charge in [-0.25, -0.2) is 22.0 Å². The fraction of sp³-hybridized carbons (Fsp3) is 0.538. The van der Waals surface area contributed by atoms with Gasteiger partial charge in [-0.3, -0.25) is 0 Å². The zero-order chi connectivity index (χ0) is 16.8. The maximum absolute atomic E-state index is 12.0. The molecule has 0 spiro atoms. The molecule has 1 aliphatic rings. The van der Waals surface area contributed by atoms with Gasteiger partial charge in [0.2, 0.25) is 10.0 Å². The van der Waals surface area contributed by atoms with Crippen LogP contribution in [0.25, 0.3) is 0 Å². The van der Waals surface area contributed by atoms with Crippen LogP contribution >= 0.6 is 0 Å². The number of primary sulfonamides is 1. The molecule has 0 aromatic heterocycles. The number of hydrogen-bond acceptors (Lipinski definition) is 6. The van der Waals surface area contributed by atoms with Crippen LogP contribution in [0, 0.1) is 0 Å². The summed E-state index contributed by atoms with van der Waals surface area (Å²) in [6.07, 6.45) is 1.05. The largest absolute Gasteiger partial charge is 0.372 e. The molecule has 2 rings (SSSR count). The highest BCUT2D eigenvalue weighted by atomic mass is 32.2. The maximum Gasteiger partial charge on any atom is 0.238 e. The number of nitrogens with zero attached hydrogens (tertiary/aromatic N) is 1. The summed E-state index contributed by atoms with van der Waals surface area (Å²) >= 11 is 0. The summed E-state index contributed by atoms with van der Waals surface area (Å²) < 4.78 is 52.6. The van der Waals surface area contributed by atoms with Crippen LogP contribution in [-0.2, 0) is 24.6 Å². The Morgan fingerprint density at radius 1 is 1.23 bits per heavy atom. The lowest BCUT2D eigenvalue weighted by Crippen LogP contribution is -2.48. The van der Waals surface area contributed by atoms with Gasteiger partial charge in [0.05, 0.1) is 27.7 Å². The Balaban J connectivity index is 2.57. The summed E-state index contributed by atoms with van der Waals surface area (Å²) in [5, 5.41) is 5.08. The van der Waals surface area contributed by atoms with E-state index in [0.717, 1.165) is 12.3 Å². The summed E-state index contributed by atoms with van der Waals surface area (Å²) in [5.74, 6) is 0. The Morgan fingerprint density at radius 2 is 1.86 bits per heavy atom. The van der Waals surface area contributed by atoms with Crippen LogP contribution in [0.4, 0.5) is 5.69 Å². The van der Waals surface area contributed by atoms with Crippen molar-refractivity contribution < 1.29 is 21.6 Å². The first-order chi connectivity index (χ1) is 9.90. The number of sulfone groups is 1. The quantitative estimate of drug-likeness (QED) is 0.845. The lowest BCUT2D eigenvalue weighted by atomic mass is 10.1. The molecule has 0 bridgehead atoms. The average Bonchev–Trinajstić information content (AvgIpc) is 2.34. The van der Waals surface area contributed by atoms with Crippen LogP contribution in [-0.4, -0.2) is 48.4 Å². The second-order valence-electron chi connectivity index (χ2n) is 5.98. The number of hydrogen-bond donors (Lipinski definition) is 1. The molecule has 7 nitrogen and oxygen atoms in total. The van der Waals surface area contributed by atoms with E-state index >= 15 is 0 Å². The Hall–Kier alpha value is -1.16. The minimum Gasteiger partial charge on any atom is -0.372 e. The molecule has 0 amide bonds. The van der Waals surface area contributed by atoms with Crippen molar-refractivity contribution in [2.24, 2.45) is 5.14 Å². The number of rotatable bonds is 3. The van der Waals surface area contributed by atoms with Crippen LogP contribution in [0.1, 0.15) is 13.8 Å². The van der Waals surface area contributed by atoms with E-state index in [1.165, 1.54) is 12.1 Å². The third kappa shape index (κ3) is 3.78. The number of ether oxygens (including phenoxy) is 1. The van der Waals surface area contributed by atoms with Crippen molar-refractivity contribution in [2.75, 3.05) is 30.9 Å². The summed E-state index contributed by atoms with van der Waals surface area (Å²) in [4.78, 5) is 1.62. The van der Waals surface area contributed by atoms with Crippen molar-refractivity contribution >= 4 is 25.5 Å². The standard InChI is InChI=1S/C13H20N2O5S2/c1-13(2)9-15(6-7-20-13)11-5-4-10(22(14,18)19)8-12(11)21(3,16)17/h4-5,8H,6-7,9H2,1-3H3,(H2,14,18,19). The molecule has 0 aliphatic carbocycles. The normalized spacial score (nSPS) is 19.2. The van der Waals surface area contributed by atoms with Gasteiger partial charge in [-0.2, -0.15) is 0 Å². The molecule has 0 radical (unpaired) electrons. The Bertz CT molecular complexity index is 785. The molecule has 2 N–H and O–H groups in total. The van der Waals surface area contributed by atoms with E-state index < -0.39 is 25.5 Å². The summed E-state index contributed by atoms with van der Waals surface area (Å²) in [6, 6.07) is 3.92. The molecule has 1 aromatic carbocycles. The lowest BCUT2D eigenvalue weighted by Gasteiger charge is -2.40. The van der Waals surface area contributed by atoms with Gasteiger partial charge in [-0.05, 0) is 32.0 Å². The molecule has 22 heavy (non-hydrogen) atoms. The molecule has 0 atom stereocenters. The minimum atomic E-state index is -3.96. The predicted molar refractivity (Wildman–Crippen MR) is 83.2 cm³/mol. The molecule has 1 heterocycles. The van der Waals surface area contributed by atoms with Gasteiger partial charge >= 0.3 is 0 Å². The van der Waals surface area contributed by atoms with Gasteiger partial charge in [-0.15, -0.1) is 0 Å². The van der Waals surface area contributed by atoms with Crippen LogP contribution in [0.2, 0.25) is 0 Å². The van der Waals surface area contributed by atoms with E-state index in [1.54, 1.807) is 0 Å². The number of anilines is 1. The molecule has 0 unspecified atom stereocenters. The number of nitrogens with two attached hydrogens (primary N) is 1. The summed E-state index contributed by atoms with van der Waals surface area (Å²) in [6.45, 7) is 5.33. The SMILES string of the molecule is CC1(C)CN(c2ccc(S(N)(=O)=O)cc2S(C)(=O)=O)CCO1. The van der Waals surface area contributed by atoms with E-state index in [1.807, 2.05) is 18.7 Å². The fourth-order valence-corrected chi connectivity index (χ4v) is 3.98. The number of sulfonamides is 1. The monoisotopic (exact) mass is 348 g/mol. The number of morpholine rings is 1. The molecule has 9 heteroatoms. The highest BCUT2D eigenvalue weighted by Crippen LogP contribution is 2.31. The van der Waals surface area contributed by atoms with Crippen molar-refractivity contribution in [3.05, 3.63) is 18.2 Å². The van der Waals surface area contributed by atoms with Crippen molar-refractivity contribution in [1.82, 2.24) is 0 Å². The fourth-order valence-electron chi connectivity index (χ4n) is 2.45. The van der Waals surface area contributed by atoms with Crippen molar-refractivity contribution in [3.63, 3.8) is 0 Å². The van der Waals surface area contributed by atoms with Crippen molar-refractivity contribution in [1.29, 1.82) is 0 Å². The Kier molecular flexibility index (Phi) is 4.29. The summed E-state index contributed by atoms with van der Waals surface area (Å²) in [7, 11) is -7.57. The highest BCUT2D eigenvalue weighted by molar-refractivity contribution is 7.91. The summed E-state index contributed by atoms with van der Waals surface area (Å²) in [5.41, 5.74) is 0.0531. The van der Waals surface area contributed by atoms with Gasteiger partial charge < -0.3 is 9.64 Å². The average molecular weight is 348 g/mol. The van der Waals surface area contributed by atoms with Gasteiger partial charge in [-0.1, -0.05) is 0 Å². The molecule has 124 valence electrons. The molecular formula is C13H20N2O5S2. The molecular weight excluding hydrogens is 328 g/mol. The maximum atomic E-state index is 12.0. The minimum absolute atomic E-state index is 0.0447. The zero-order valence-corrected chi connectivity index (χ0v) is 14.4. The first-order valence-electron chi connectivity index (χ1n) is 6.66. The molecule has 1 fully saturated rings. The van der Waals surface area contributed by atoms with E-state index in [0.29, 0.717) is 25.4 Å². The van der Waals surface area contributed by atoms with Crippen LogP contribution in [0.3, 0.4) is 0 Å². The topological polar surface area (TPSA) is 107 Å². The van der Waals surface area contributed by atoms with Crippen LogP contribution < -0.4 is 10.0 Å². The van der Waals surface area contributed by atoms with Gasteiger partial charge in [0.15, 0.2) is 9.84 Å².